The highest BCUT2D eigenvalue weighted by atomic mass is 15.0. The maximum Gasteiger partial charge on any atom is 0.133 e. The van der Waals surface area contributed by atoms with E-state index in [1.807, 2.05) is 13.0 Å². The highest BCUT2D eigenvalue weighted by molar-refractivity contribution is 5.36. The number of nitrogens with one attached hydrogen (secondary N) is 1. The largest absolute Gasteiger partial charge is 0.370 e. The quantitative estimate of drug-likeness (QED) is 0.859. The fourth-order valence-corrected chi connectivity index (χ4v) is 2.49. The average Bonchev–Trinajstić information content (AvgIpc) is 2.72. The van der Waals surface area contributed by atoms with Gasteiger partial charge in [-0.2, -0.15) is 0 Å². The Kier molecular flexibility index (Phi) is 4.17. The molecule has 4 nitrogen and oxygen atoms in total. The van der Waals surface area contributed by atoms with Crippen LogP contribution in [0.4, 0.5) is 5.82 Å². The summed E-state index contributed by atoms with van der Waals surface area (Å²) < 4.78 is 0. The van der Waals surface area contributed by atoms with E-state index in [4.69, 9.17) is 5.73 Å². The van der Waals surface area contributed by atoms with Gasteiger partial charge in [-0.05, 0) is 32.1 Å². The first-order valence-corrected chi connectivity index (χ1v) is 6.89. The molecular formula is C14H24N4. The number of hydrogen-bond donors (Lipinski definition) is 2. The Balaban J connectivity index is 1.96. The molecule has 0 amide bonds. The molecule has 0 aromatic carbocycles. The molecule has 0 bridgehead atoms. The Morgan fingerprint density at radius 1 is 1.39 bits per heavy atom. The number of anilines is 1. The zero-order valence-electron chi connectivity index (χ0n) is 11.6. The molecule has 0 aliphatic heterocycles. The molecule has 1 heterocycles. The Bertz CT molecular complexity index is 403. The van der Waals surface area contributed by atoms with Crippen LogP contribution in [0.2, 0.25) is 0 Å². The smallest absolute Gasteiger partial charge is 0.133 e. The number of aryl methyl sites for hydroxylation is 1. The van der Waals surface area contributed by atoms with Crippen molar-refractivity contribution in [2.75, 3.05) is 11.9 Å². The first-order valence-electron chi connectivity index (χ1n) is 6.89. The van der Waals surface area contributed by atoms with E-state index in [-0.39, 0.29) is 0 Å². The molecule has 1 saturated carbocycles. The van der Waals surface area contributed by atoms with Gasteiger partial charge < -0.3 is 11.1 Å². The van der Waals surface area contributed by atoms with E-state index >= 15 is 0 Å². The van der Waals surface area contributed by atoms with Crippen LogP contribution < -0.4 is 11.1 Å². The summed E-state index contributed by atoms with van der Waals surface area (Å²) in [4.78, 5) is 9.01. The highest BCUT2D eigenvalue weighted by Crippen LogP contribution is 2.24. The van der Waals surface area contributed by atoms with Crippen LogP contribution >= 0.6 is 0 Å². The lowest BCUT2D eigenvalue weighted by molar-refractivity contribution is 0.564. The summed E-state index contributed by atoms with van der Waals surface area (Å²) in [7, 11) is 0. The summed E-state index contributed by atoms with van der Waals surface area (Å²) >= 11 is 0. The lowest BCUT2D eigenvalue weighted by Crippen LogP contribution is -2.18. The zero-order chi connectivity index (χ0) is 13.1. The molecule has 1 aromatic heterocycles. The van der Waals surface area contributed by atoms with Crippen molar-refractivity contribution in [1.29, 1.82) is 0 Å². The van der Waals surface area contributed by atoms with Crippen molar-refractivity contribution in [3.05, 3.63) is 17.6 Å². The van der Waals surface area contributed by atoms with E-state index in [2.05, 4.69) is 29.1 Å². The van der Waals surface area contributed by atoms with Gasteiger partial charge in [-0.3, -0.25) is 0 Å². The third kappa shape index (κ3) is 3.42. The van der Waals surface area contributed by atoms with Crippen molar-refractivity contribution in [1.82, 2.24) is 9.97 Å². The number of aromatic nitrogens is 2. The van der Waals surface area contributed by atoms with E-state index in [1.54, 1.807) is 0 Å². The molecule has 0 radical (unpaired) electrons. The van der Waals surface area contributed by atoms with Gasteiger partial charge in [-0.25, -0.2) is 9.97 Å². The van der Waals surface area contributed by atoms with Crippen LogP contribution in [0.3, 0.4) is 0 Å². The lowest BCUT2D eigenvalue weighted by Gasteiger charge is -2.13. The summed E-state index contributed by atoms with van der Waals surface area (Å²) in [6.07, 6.45) is 3.52. The summed E-state index contributed by atoms with van der Waals surface area (Å²) in [5, 5.41) is 3.44. The van der Waals surface area contributed by atoms with Crippen molar-refractivity contribution >= 4 is 5.82 Å². The van der Waals surface area contributed by atoms with E-state index in [9.17, 15) is 0 Å². The van der Waals surface area contributed by atoms with Gasteiger partial charge in [-0.15, -0.1) is 0 Å². The van der Waals surface area contributed by atoms with Gasteiger partial charge in [0.15, 0.2) is 0 Å². The highest BCUT2D eigenvalue weighted by Gasteiger charge is 2.21. The second-order valence-electron chi connectivity index (χ2n) is 5.73. The number of hydrogen-bond acceptors (Lipinski definition) is 4. The van der Waals surface area contributed by atoms with Gasteiger partial charge in [0.2, 0.25) is 0 Å². The molecule has 100 valence electrons. The van der Waals surface area contributed by atoms with Crippen LogP contribution in [0.25, 0.3) is 0 Å². The van der Waals surface area contributed by atoms with Crippen molar-refractivity contribution < 1.29 is 0 Å². The lowest BCUT2D eigenvalue weighted by atomic mass is 10.1. The Labute approximate surface area is 109 Å². The van der Waals surface area contributed by atoms with Gasteiger partial charge in [0.05, 0.1) is 0 Å². The van der Waals surface area contributed by atoms with Gasteiger partial charge >= 0.3 is 0 Å². The minimum Gasteiger partial charge on any atom is -0.370 e. The molecule has 4 heteroatoms. The van der Waals surface area contributed by atoms with Crippen molar-refractivity contribution in [3.8, 4) is 0 Å². The Hall–Kier alpha value is -1.16. The first-order chi connectivity index (χ1) is 8.54. The van der Waals surface area contributed by atoms with Crippen molar-refractivity contribution in [3.63, 3.8) is 0 Å². The third-order valence-electron chi connectivity index (χ3n) is 3.54. The summed E-state index contributed by atoms with van der Waals surface area (Å²) in [6.45, 7) is 7.23. The SMILES string of the molecule is Cc1cc(NCC2CCC(N)C2)nc(C(C)C)n1. The molecule has 2 unspecified atom stereocenters. The summed E-state index contributed by atoms with van der Waals surface area (Å²) in [5.74, 6) is 2.93. The minimum atomic E-state index is 0.366. The maximum atomic E-state index is 5.93. The summed E-state index contributed by atoms with van der Waals surface area (Å²) in [6, 6.07) is 2.41. The zero-order valence-corrected chi connectivity index (χ0v) is 11.6. The second-order valence-corrected chi connectivity index (χ2v) is 5.73. The normalized spacial score (nSPS) is 23.6. The van der Waals surface area contributed by atoms with Gasteiger partial charge in [0.1, 0.15) is 11.6 Å². The predicted molar refractivity (Wildman–Crippen MR) is 74.7 cm³/mol. The molecule has 2 atom stereocenters. The van der Waals surface area contributed by atoms with E-state index in [0.717, 1.165) is 36.7 Å². The molecule has 1 aliphatic carbocycles. The van der Waals surface area contributed by atoms with Crippen LogP contribution in [-0.4, -0.2) is 22.6 Å². The van der Waals surface area contributed by atoms with Gasteiger partial charge in [-0.1, -0.05) is 13.8 Å². The second kappa shape index (κ2) is 5.65. The molecule has 1 aliphatic rings. The molecule has 0 spiro atoms. The Morgan fingerprint density at radius 2 is 2.17 bits per heavy atom. The van der Waals surface area contributed by atoms with Gasteiger partial charge in [0, 0.05) is 30.3 Å². The molecule has 1 fully saturated rings. The third-order valence-corrected chi connectivity index (χ3v) is 3.54. The minimum absolute atomic E-state index is 0.366. The molecule has 1 aromatic rings. The molecular weight excluding hydrogens is 224 g/mol. The number of nitrogens with two attached hydrogens (primary N) is 1. The molecule has 2 rings (SSSR count). The molecule has 3 N–H and O–H groups in total. The molecule has 0 saturated heterocycles. The van der Waals surface area contributed by atoms with Crippen LogP contribution in [0.1, 0.15) is 50.5 Å². The monoisotopic (exact) mass is 248 g/mol. The fraction of sp³-hybridized carbons (Fsp3) is 0.714. The fourth-order valence-electron chi connectivity index (χ4n) is 2.49. The van der Waals surface area contributed by atoms with Crippen LogP contribution in [-0.2, 0) is 0 Å². The summed E-state index contributed by atoms with van der Waals surface area (Å²) in [5.41, 5.74) is 6.96. The molecule has 18 heavy (non-hydrogen) atoms. The predicted octanol–water partition coefficient (Wildman–Crippen LogP) is 2.45. The van der Waals surface area contributed by atoms with E-state index in [0.29, 0.717) is 17.9 Å². The number of rotatable bonds is 4. The standard InChI is InChI=1S/C14H24N4/c1-9(2)14-17-10(3)6-13(18-14)16-8-11-4-5-12(15)7-11/h6,9,11-12H,4-5,7-8,15H2,1-3H3,(H,16,17,18). The van der Waals surface area contributed by atoms with Crippen LogP contribution in [0.5, 0.6) is 0 Å². The van der Waals surface area contributed by atoms with E-state index in [1.165, 1.54) is 6.42 Å². The van der Waals surface area contributed by atoms with Crippen LogP contribution in [0, 0.1) is 12.8 Å². The van der Waals surface area contributed by atoms with Gasteiger partial charge in [0.25, 0.3) is 0 Å². The van der Waals surface area contributed by atoms with Crippen molar-refractivity contribution in [2.24, 2.45) is 11.7 Å². The topological polar surface area (TPSA) is 63.8 Å². The average molecular weight is 248 g/mol. The first kappa shape index (κ1) is 13.3. The Morgan fingerprint density at radius 3 is 2.78 bits per heavy atom. The van der Waals surface area contributed by atoms with E-state index < -0.39 is 0 Å². The number of nitrogens with zero attached hydrogens (tertiary/aromatic N) is 2. The van der Waals surface area contributed by atoms with Crippen molar-refractivity contribution in [2.45, 2.75) is 52.0 Å². The maximum absolute atomic E-state index is 5.93. The van der Waals surface area contributed by atoms with Crippen LogP contribution in [0.15, 0.2) is 6.07 Å².